The van der Waals surface area contributed by atoms with Gasteiger partial charge in [-0.25, -0.2) is 9.97 Å². The Labute approximate surface area is 130 Å². The van der Waals surface area contributed by atoms with E-state index in [1.807, 2.05) is 60.3 Å². The van der Waals surface area contributed by atoms with E-state index in [1.54, 1.807) is 6.92 Å². The molecule has 0 aliphatic rings. The SMILES string of the molecule is CC(CN(C)c1cc(N(C)c2ccccc2)ncn1)C(=O)O. The number of aromatic nitrogens is 2. The van der Waals surface area contributed by atoms with E-state index in [9.17, 15) is 4.79 Å². The van der Waals surface area contributed by atoms with E-state index in [1.165, 1.54) is 6.33 Å². The van der Waals surface area contributed by atoms with Crippen LogP contribution >= 0.6 is 0 Å². The Morgan fingerprint density at radius 2 is 1.82 bits per heavy atom. The van der Waals surface area contributed by atoms with Crippen LogP contribution in [-0.2, 0) is 4.79 Å². The van der Waals surface area contributed by atoms with E-state index >= 15 is 0 Å². The monoisotopic (exact) mass is 300 g/mol. The van der Waals surface area contributed by atoms with Gasteiger partial charge in [0.1, 0.15) is 18.0 Å². The summed E-state index contributed by atoms with van der Waals surface area (Å²) in [4.78, 5) is 23.2. The van der Waals surface area contributed by atoms with Crippen LogP contribution in [-0.4, -0.2) is 41.7 Å². The number of hydrogen-bond acceptors (Lipinski definition) is 5. The molecule has 0 aliphatic heterocycles. The molecule has 0 saturated heterocycles. The number of benzene rings is 1. The van der Waals surface area contributed by atoms with E-state index in [0.717, 1.165) is 11.5 Å². The molecule has 0 saturated carbocycles. The lowest BCUT2D eigenvalue weighted by Gasteiger charge is -2.23. The Kier molecular flexibility index (Phi) is 4.93. The summed E-state index contributed by atoms with van der Waals surface area (Å²) < 4.78 is 0. The quantitative estimate of drug-likeness (QED) is 0.883. The van der Waals surface area contributed by atoms with Gasteiger partial charge in [-0.2, -0.15) is 0 Å². The molecular weight excluding hydrogens is 280 g/mol. The van der Waals surface area contributed by atoms with Gasteiger partial charge in [-0.15, -0.1) is 0 Å². The average Bonchev–Trinajstić information content (AvgIpc) is 2.55. The van der Waals surface area contributed by atoms with Crippen LogP contribution in [0.2, 0.25) is 0 Å². The van der Waals surface area contributed by atoms with Crippen LogP contribution in [0.15, 0.2) is 42.7 Å². The lowest BCUT2D eigenvalue weighted by Crippen LogP contribution is -2.29. The lowest BCUT2D eigenvalue weighted by atomic mass is 10.2. The highest BCUT2D eigenvalue weighted by molar-refractivity contribution is 5.70. The maximum absolute atomic E-state index is 11.0. The van der Waals surface area contributed by atoms with Crippen LogP contribution in [0.25, 0.3) is 0 Å². The van der Waals surface area contributed by atoms with Gasteiger partial charge in [0.25, 0.3) is 0 Å². The van der Waals surface area contributed by atoms with Gasteiger partial charge in [-0.3, -0.25) is 4.79 Å². The number of nitrogens with zero attached hydrogens (tertiary/aromatic N) is 4. The Bertz CT molecular complexity index is 633. The number of aliphatic carboxylic acids is 1. The van der Waals surface area contributed by atoms with Crippen molar-refractivity contribution in [1.29, 1.82) is 0 Å². The van der Waals surface area contributed by atoms with Crippen molar-refractivity contribution in [1.82, 2.24) is 9.97 Å². The standard InChI is InChI=1S/C16H20N4O2/c1-12(16(21)22)10-19(2)14-9-15(18-11-17-14)20(3)13-7-5-4-6-8-13/h4-9,11-12H,10H2,1-3H3,(H,21,22). The molecule has 6 nitrogen and oxygen atoms in total. The topological polar surface area (TPSA) is 69.6 Å². The second kappa shape index (κ2) is 6.89. The van der Waals surface area contributed by atoms with Crippen LogP contribution in [0.1, 0.15) is 6.92 Å². The van der Waals surface area contributed by atoms with Crippen molar-refractivity contribution >= 4 is 23.3 Å². The number of anilines is 3. The minimum atomic E-state index is -0.817. The summed E-state index contributed by atoms with van der Waals surface area (Å²) in [6.45, 7) is 2.07. The molecule has 1 unspecified atom stereocenters. The van der Waals surface area contributed by atoms with Crippen molar-refractivity contribution in [2.75, 3.05) is 30.4 Å². The minimum Gasteiger partial charge on any atom is -0.481 e. The molecule has 2 aromatic rings. The third-order valence-electron chi connectivity index (χ3n) is 3.49. The first-order valence-electron chi connectivity index (χ1n) is 7.04. The fourth-order valence-corrected chi connectivity index (χ4v) is 2.10. The summed E-state index contributed by atoms with van der Waals surface area (Å²) in [7, 11) is 3.76. The summed E-state index contributed by atoms with van der Waals surface area (Å²) >= 11 is 0. The Hall–Kier alpha value is -2.63. The molecule has 1 atom stereocenters. The first-order valence-corrected chi connectivity index (χ1v) is 7.04. The zero-order valence-corrected chi connectivity index (χ0v) is 13.0. The molecule has 22 heavy (non-hydrogen) atoms. The van der Waals surface area contributed by atoms with Crippen molar-refractivity contribution in [3.8, 4) is 0 Å². The van der Waals surface area contributed by atoms with Crippen molar-refractivity contribution in [2.24, 2.45) is 5.92 Å². The lowest BCUT2D eigenvalue weighted by molar-refractivity contribution is -0.140. The zero-order valence-electron chi connectivity index (χ0n) is 13.0. The third kappa shape index (κ3) is 3.72. The number of carbonyl (C=O) groups is 1. The van der Waals surface area contributed by atoms with Crippen LogP contribution < -0.4 is 9.80 Å². The van der Waals surface area contributed by atoms with Gasteiger partial charge >= 0.3 is 5.97 Å². The largest absolute Gasteiger partial charge is 0.481 e. The molecule has 0 spiro atoms. The molecule has 1 aromatic heterocycles. The molecule has 6 heteroatoms. The Morgan fingerprint density at radius 1 is 1.18 bits per heavy atom. The first-order chi connectivity index (χ1) is 10.5. The highest BCUT2D eigenvalue weighted by Gasteiger charge is 2.15. The molecule has 0 radical (unpaired) electrons. The molecule has 0 bridgehead atoms. The van der Waals surface area contributed by atoms with Crippen LogP contribution in [0.5, 0.6) is 0 Å². The minimum absolute atomic E-state index is 0.390. The average molecular weight is 300 g/mol. The van der Waals surface area contributed by atoms with E-state index in [-0.39, 0.29) is 0 Å². The number of para-hydroxylation sites is 1. The molecule has 2 rings (SSSR count). The Morgan fingerprint density at radius 3 is 2.45 bits per heavy atom. The van der Waals surface area contributed by atoms with Crippen molar-refractivity contribution in [3.05, 3.63) is 42.7 Å². The molecule has 0 aliphatic carbocycles. The predicted molar refractivity (Wildman–Crippen MR) is 86.6 cm³/mol. The molecule has 116 valence electrons. The summed E-state index contributed by atoms with van der Waals surface area (Å²) in [6, 6.07) is 11.7. The first kappa shape index (κ1) is 15.8. The number of carboxylic acid groups (broad SMARTS) is 1. The van der Waals surface area contributed by atoms with Gasteiger partial charge in [-0.05, 0) is 12.1 Å². The van der Waals surface area contributed by atoms with Crippen LogP contribution in [0.3, 0.4) is 0 Å². The molecule has 1 heterocycles. The maximum Gasteiger partial charge on any atom is 0.308 e. The molecule has 1 N–H and O–H groups in total. The van der Waals surface area contributed by atoms with Gasteiger partial charge in [0.15, 0.2) is 0 Å². The normalized spacial score (nSPS) is 11.8. The second-order valence-corrected chi connectivity index (χ2v) is 5.25. The molecular formula is C16H20N4O2. The number of carboxylic acids is 1. The maximum atomic E-state index is 11.0. The van der Waals surface area contributed by atoms with Gasteiger partial charge in [0.05, 0.1) is 5.92 Å². The highest BCUT2D eigenvalue weighted by atomic mass is 16.4. The summed E-state index contributed by atoms with van der Waals surface area (Å²) in [5.41, 5.74) is 1.02. The van der Waals surface area contributed by atoms with Gasteiger partial charge in [0.2, 0.25) is 0 Å². The van der Waals surface area contributed by atoms with E-state index in [0.29, 0.717) is 12.4 Å². The smallest absolute Gasteiger partial charge is 0.308 e. The van der Waals surface area contributed by atoms with E-state index in [2.05, 4.69) is 9.97 Å². The summed E-state index contributed by atoms with van der Waals surface area (Å²) in [5.74, 6) is 0.171. The second-order valence-electron chi connectivity index (χ2n) is 5.25. The van der Waals surface area contributed by atoms with Crippen molar-refractivity contribution in [2.45, 2.75) is 6.92 Å². The fourth-order valence-electron chi connectivity index (χ4n) is 2.10. The van der Waals surface area contributed by atoms with Gasteiger partial charge in [-0.1, -0.05) is 25.1 Å². The summed E-state index contributed by atoms with van der Waals surface area (Å²) in [5, 5.41) is 9.00. The van der Waals surface area contributed by atoms with Crippen LogP contribution in [0, 0.1) is 5.92 Å². The Balaban J connectivity index is 2.18. The molecule has 0 amide bonds. The molecule has 1 aromatic carbocycles. The fraction of sp³-hybridized carbons (Fsp3) is 0.312. The van der Waals surface area contributed by atoms with Crippen molar-refractivity contribution in [3.63, 3.8) is 0 Å². The predicted octanol–water partition coefficient (Wildman–Crippen LogP) is 2.40. The molecule has 0 fully saturated rings. The van der Waals surface area contributed by atoms with Gasteiger partial charge < -0.3 is 14.9 Å². The number of rotatable bonds is 6. The third-order valence-corrected chi connectivity index (χ3v) is 3.49. The van der Waals surface area contributed by atoms with E-state index < -0.39 is 11.9 Å². The number of hydrogen-bond donors (Lipinski definition) is 1. The van der Waals surface area contributed by atoms with Crippen LogP contribution in [0.4, 0.5) is 17.3 Å². The van der Waals surface area contributed by atoms with Gasteiger partial charge in [0, 0.05) is 32.4 Å². The highest BCUT2D eigenvalue weighted by Crippen LogP contribution is 2.23. The van der Waals surface area contributed by atoms with Crippen molar-refractivity contribution < 1.29 is 9.90 Å². The van der Waals surface area contributed by atoms with E-state index in [4.69, 9.17) is 5.11 Å². The summed E-state index contributed by atoms with van der Waals surface area (Å²) in [6.07, 6.45) is 1.49. The zero-order chi connectivity index (χ0) is 16.1.